The molecule has 3 heteroatoms. The summed E-state index contributed by atoms with van der Waals surface area (Å²) >= 11 is 0. The first-order valence-corrected chi connectivity index (χ1v) is 6.34. The Labute approximate surface area is 108 Å². The average molecular weight is 244 g/mol. The van der Waals surface area contributed by atoms with Gasteiger partial charge in [-0.1, -0.05) is 24.3 Å². The Morgan fingerprint density at radius 2 is 2.00 bits per heavy atom. The second-order valence-electron chi connectivity index (χ2n) is 4.67. The standard InChI is InChI=1S/C15H20N2O/c1-11(2)18-10-15(16-3)14-9-17-8-12-6-4-5-7-13(12)14/h4-9,11,15-16H,10H2,1-3H3. The zero-order valence-corrected chi connectivity index (χ0v) is 11.2. The molecular weight excluding hydrogens is 224 g/mol. The van der Waals surface area contributed by atoms with Crippen molar-refractivity contribution in [3.8, 4) is 0 Å². The minimum absolute atomic E-state index is 0.172. The smallest absolute Gasteiger partial charge is 0.0665 e. The predicted molar refractivity (Wildman–Crippen MR) is 74.6 cm³/mol. The van der Waals surface area contributed by atoms with Gasteiger partial charge in [0.1, 0.15) is 0 Å². The fourth-order valence-corrected chi connectivity index (χ4v) is 2.03. The van der Waals surface area contributed by atoms with E-state index < -0.39 is 0 Å². The molecule has 1 unspecified atom stereocenters. The van der Waals surface area contributed by atoms with Gasteiger partial charge in [0.2, 0.25) is 0 Å². The first-order valence-electron chi connectivity index (χ1n) is 6.34. The van der Waals surface area contributed by atoms with Gasteiger partial charge < -0.3 is 10.1 Å². The van der Waals surface area contributed by atoms with Crippen molar-refractivity contribution in [3.63, 3.8) is 0 Å². The van der Waals surface area contributed by atoms with E-state index in [1.807, 2.05) is 39.4 Å². The third-order valence-electron chi connectivity index (χ3n) is 3.02. The van der Waals surface area contributed by atoms with Crippen LogP contribution in [-0.2, 0) is 4.74 Å². The summed E-state index contributed by atoms with van der Waals surface area (Å²) in [7, 11) is 1.95. The Morgan fingerprint density at radius 3 is 2.72 bits per heavy atom. The van der Waals surface area contributed by atoms with Crippen LogP contribution in [0.4, 0.5) is 0 Å². The third kappa shape index (κ3) is 2.86. The third-order valence-corrected chi connectivity index (χ3v) is 3.02. The molecule has 0 fully saturated rings. The van der Waals surface area contributed by atoms with Gasteiger partial charge in [-0.3, -0.25) is 4.98 Å². The maximum Gasteiger partial charge on any atom is 0.0665 e. The normalized spacial score (nSPS) is 13.1. The van der Waals surface area contributed by atoms with E-state index in [4.69, 9.17) is 4.74 Å². The van der Waals surface area contributed by atoms with E-state index in [-0.39, 0.29) is 12.1 Å². The molecule has 0 bridgehead atoms. The number of rotatable bonds is 5. The van der Waals surface area contributed by atoms with E-state index in [2.05, 4.69) is 28.5 Å². The molecule has 0 spiro atoms. The molecule has 0 aliphatic heterocycles. The lowest BCUT2D eigenvalue weighted by atomic mass is 10.0. The van der Waals surface area contributed by atoms with Crippen LogP contribution in [0.5, 0.6) is 0 Å². The number of nitrogens with zero attached hydrogens (tertiary/aromatic N) is 1. The highest BCUT2D eigenvalue weighted by Crippen LogP contribution is 2.23. The molecule has 1 atom stereocenters. The second kappa shape index (κ2) is 5.94. The van der Waals surface area contributed by atoms with Gasteiger partial charge in [-0.2, -0.15) is 0 Å². The summed E-state index contributed by atoms with van der Waals surface area (Å²) in [5.74, 6) is 0. The Bertz CT molecular complexity index is 505. The van der Waals surface area contributed by atoms with Crippen LogP contribution in [0.2, 0.25) is 0 Å². The van der Waals surface area contributed by atoms with Crippen molar-refractivity contribution in [3.05, 3.63) is 42.2 Å². The molecule has 2 rings (SSSR count). The van der Waals surface area contributed by atoms with Gasteiger partial charge in [0.25, 0.3) is 0 Å². The van der Waals surface area contributed by atoms with E-state index in [0.717, 1.165) is 0 Å². The molecule has 1 N–H and O–H groups in total. The Hall–Kier alpha value is -1.45. The summed E-state index contributed by atoms with van der Waals surface area (Å²) in [5, 5.41) is 5.70. The highest BCUT2D eigenvalue weighted by Gasteiger charge is 2.13. The summed E-state index contributed by atoms with van der Waals surface area (Å²) in [6, 6.07) is 8.48. The molecule has 18 heavy (non-hydrogen) atoms. The first kappa shape index (κ1) is 13.0. The molecule has 0 saturated heterocycles. The van der Waals surface area contributed by atoms with Gasteiger partial charge >= 0.3 is 0 Å². The summed E-state index contributed by atoms with van der Waals surface area (Å²) < 4.78 is 5.71. The van der Waals surface area contributed by atoms with Crippen molar-refractivity contribution >= 4 is 10.8 Å². The van der Waals surface area contributed by atoms with E-state index in [1.54, 1.807) is 0 Å². The summed E-state index contributed by atoms with van der Waals surface area (Å²) in [6.07, 6.45) is 4.06. The van der Waals surface area contributed by atoms with Crippen LogP contribution in [-0.4, -0.2) is 24.7 Å². The van der Waals surface area contributed by atoms with Gasteiger partial charge in [0.05, 0.1) is 18.8 Å². The number of hydrogen-bond donors (Lipinski definition) is 1. The highest BCUT2D eigenvalue weighted by molar-refractivity contribution is 5.85. The van der Waals surface area contributed by atoms with Crippen LogP contribution in [0, 0.1) is 0 Å². The molecule has 2 aromatic rings. The van der Waals surface area contributed by atoms with Gasteiger partial charge in [-0.05, 0) is 31.8 Å². The number of likely N-dealkylation sites (N-methyl/N-ethyl adjacent to an activating group) is 1. The quantitative estimate of drug-likeness (QED) is 0.878. The van der Waals surface area contributed by atoms with Gasteiger partial charge in [0.15, 0.2) is 0 Å². The van der Waals surface area contributed by atoms with E-state index in [0.29, 0.717) is 6.61 Å². The fraction of sp³-hybridized carbons (Fsp3) is 0.400. The van der Waals surface area contributed by atoms with Gasteiger partial charge in [-0.15, -0.1) is 0 Å². The lowest BCUT2D eigenvalue weighted by Gasteiger charge is -2.19. The molecule has 1 aromatic carbocycles. The highest BCUT2D eigenvalue weighted by atomic mass is 16.5. The Balaban J connectivity index is 2.32. The van der Waals surface area contributed by atoms with Crippen molar-refractivity contribution in [2.75, 3.05) is 13.7 Å². The molecule has 0 radical (unpaired) electrons. The summed E-state index contributed by atoms with van der Waals surface area (Å²) in [6.45, 7) is 4.76. The van der Waals surface area contributed by atoms with Crippen molar-refractivity contribution in [1.82, 2.24) is 10.3 Å². The maximum absolute atomic E-state index is 5.71. The number of ether oxygens (including phenoxy) is 1. The molecule has 1 aromatic heterocycles. The van der Waals surface area contributed by atoms with Crippen molar-refractivity contribution in [2.45, 2.75) is 26.0 Å². The number of nitrogens with one attached hydrogen (secondary N) is 1. The molecule has 1 heterocycles. The van der Waals surface area contributed by atoms with Crippen LogP contribution in [0.25, 0.3) is 10.8 Å². The molecule has 0 amide bonds. The minimum atomic E-state index is 0.172. The maximum atomic E-state index is 5.71. The monoisotopic (exact) mass is 244 g/mol. The van der Waals surface area contributed by atoms with E-state index in [1.165, 1.54) is 16.3 Å². The van der Waals surface area contributed by atoms with Crippen LogP contribution in [0.15, 0.2) is 36.7 Å². The topological polar surface area (TPSA) is 34.1 Å². The molecule has 0 aliphatic carbocycles. The summed E-state index contributed by atoms with van der Waals surface area (Å²) in [5.41, 5.74) is 1.19. The Kier molecular flexibility index (Phi) is 4.28. The second-order valence-corrected chi connectivity index (χ2v) is 4.67. The molecule has 3 nitrogen and oxygen atoms in total. The zero-order chi connectivity index (χ0) is 13.0. The molecule has 0 saturated carbocycles. The summed E-state index contributed by atoms with van der Waals surface area (Å²) in [4.78, 5) is 4.31. The number of fused-ring (bicyclic) bond motifs is 1. The van der Waals surface area contributed by atoms with Gasteiger partial charge in [-0.25, -0.2) is 0 Å². The van der Waals surface area contributed by atoms with Crippen molar-refractivity contribution in [2.24, 2.45) is 0 Å². The molecular formula is C15H20N2O. The molecule has 0 aliphatic rings. The van der Waals surface area contributed by atoms with Crippen LogP contribution in [0.1, 0.15) is 25.5 Å². The van der Waals surface area contributed by atoms with E-state index in [9.17, 15) is 0 Å². The predicted octanol–water partition coefficient (Wildman–Crippen LogP) is 2.92. The average Bonchev–Trinajstić information content (AvgIpc) is 2.39. The van der Waals surface area contributed by atoms with E-state index >= 15 is 0 Å². The number of aromatic nitrogens is 1. The lowest BCUT2D eigenvalue weighted by Crippen LogP contribution is -2.23. The zero-order valence-electron chi connectivity index (χ0n) is 11.2. The Morgan fingerprint density at radius 1 is 1.22 bits per heavy atom. The first-order chi connectivity index (χ1) is 8.72. The van der Waals surface area contributed by atoms with Crippen molar-refractivity contribution in [1.29, 1.82) is 0 Å². The lowest BCUT2D eigenvalue weighted by molar-refractivity contribution is 0.0628. The number of benzene rings is 1. The van der Waals surface area contributed by atoms with Crippen LogP contribution in [0.3, 0.4) is 0 Å². The fourth-order valence-electron chi connectivity index (χ4n) is 2.03. The van der Waals surface area contributed by atoms with Crippen LogP contribution < -0.4 is 5.32 Å². The SMILES string of the molecule is CNC(COC(C)C)c1cncc2ccccc12. The van der Waals surface area contributed by atoms with Crippen molar-refractivity contribution < 1.29 is 4.74 Å². The molecule has 96 valence electrons. The number of pyridine rings is 1. The van der Waals surface area contributed by atoms with Gasteiger partial charge in [0, 0.05) is 17.8 Å². The number of hydrogen-bond acceptors (Lipinski definition) is 3. The van der Waals surface area contributed by atoms with Crippen LogP contribution >= 0.6 is 0 Å². The minimum Gasteiger partial charge on any atom is -0.377 e. The largest absolute Gasteiger partial charge is 0.377 e.